The number of rotatable bonds is 4. The zero-order chi connectivity index (χ0) is 22.6. The van der Waals surface area contributed by atoms with Crippen LogP contribution in [0.5, 0.6) is 0 Å². The van der Waals surface area contributed by atoms with Crippen LogP contribution in [0.4, 0.5) is 15.8 Å². The standard InChI is InChI=1S/C11H14FN4.C6H6N2O5S/c1-8-14-15(9(2)16(8)13)7-10-5-3-4-6-11(10)12;7-5-2-1-4(8(9)10)3-6(5)14(11,12)13/h3-6H,7,13H2,1-2H3;1-3H,7H2,(H,11,12,13)/q+1;. The van der Waals surface area contributed by atoms with Gasteiger partial charge < -0.3 is 5.73 Å². The minimum absolute atomic E-state index is 0.223. The molecule has 3 aromatic rings. The molecule has 0 atom stereocenters. The molecule has 0 radical (unpaired) electrons. The highest BCUT2D eigenvalue weighted by Crippen LogP contribution is 2.23. The number of hydrogen-bond donors (Lipinski definition) is 3. The van der Waals surface area contributed by atoms with Crippen LogP contribution >= 0.6 is 0 Å². The zero-order valence-electron chi connectivity index (χ0n) is 16.1. The van der Waals surface area contributed by atoms with Crippen LogP contribution in [0.15, 0.2) is 47.4 Å². The number of nitro benzene ring substituents is 1. The van der Waals surface area contributed by atoms with Gasteiger partial charge in [-0.15, -0.1) is 9.36 Å². The number of aromatic nitrogens is 3. The third kappa shape index (κ3) is 5.27. The van der Waals surface area contributed by atoms with Gasteiger partial charge in [0.15, 0.2) is 0 Å². The topological polar surface area (TPSA) is 171 Å². The van der Waals surface area contributed by atoms with E-state index in [1.807, 2.05) is 13.8 Å². The van der Waals surface area contributed by atoms with Gasteiger partial charge in [0.05, 0.1) is 10.6 Å². The molecule has 0 amide bonds. The molecule has 0 fully saturated rings. The number of nitrogens with two attached hydrogens (primary N) is 2. The second kappa shape index (κ2) is 8.84. The molecule has 2 aromatic carbocycles. The van der Waals surface area contributed by atoms with E-state index in [4.69, 9.17) is 16.1 Å². The summed E-state index contributed by atoms with van der Waals surface area (Å²) in [5.74, 6) is 7.01. The first kappa shape index (κ1) is 22.7. The number of nitrogens with zero attached hydrogens (tertiary/aromatic N) is 4. The van der Waals surface area contributed by atoms with Gasteiger partial charge in [-0.3, -0.25) is 20.5 Å². The molecule has 30 heavy (non-hydrogen) atoms. The third-order valence-electron chi connectivity index (χ3n) is 4.10. The van der Waals surface area contributed by atoms with Crippen molar-refractivity contribution in [3.8, 4) is 0 Å². The fourth-order valence-corrected chi connectivity index (χ4v) is 3.09. The largest absolute Gasteiger partial charge is 0.398 e. The van der Waals surface area contributed by atoms with Crippen LogP contribution in [0.2, 0.25) is 0 Å². The van der Waals surface area contributed by atoms with Gasteiger partial charge in [-0.25, -0.2) is 4.39 Å². The lowest BCUT2D eigenvalue weighted by molar-refractivity contribution is -0.652. The molecule has 11 nitrogen and oxygen atoms in total. The first-order valence-electron chi connectivity index (χ1n) is 8.37. The Morgan fingerprint density at radius 1 is 1.27 bits per heavy atom. The maximum atomic E-state index is 13.4. The Bertz CT molecular complexity index is 1200. The van der Waals surface area contributed by atoms with Gasteiger partial charge in [0.1, 0.15) is 17.3 Å². The first-order chi connectivity index (χ1) is 13.9. The molecule has 1 aromatic heterocycles. The Morgan fingerprint density at radius 2 is 1.90 bits per heavy atom. The van der Waals surface area contributed by atoms with Crippen molar-refractivity contribution in [1.29, 1.82) is 0 Å². The van der Waals surface area contributed by atoms with Gasteiger partial charge in [0.25, 0.3) is 27.5 Å². The van der Waals surface area contributed by atoms with Crippen molar-refractivity contribution in [2.24, 2.45) is 0 Å². The Labute approximate surface area is 171 Å². The molecule has 0 aliphatic rings. The monoisotopic (exact) mass is 439 g/mol. The maximum Gasteiger partial charge on any atom is 0.296 e. The molecule has 0 aliphatic heterocycles. The normalized spacial score (nSPS) is 10.9. The van der Waals surface area contributed by atoms with Crippen molar-refractivity contribution in [2.45, 2.75) is 25.3 Å². The number of hydrogen-bond acceptors (Lipinski definition) is 7. The Kier molecular flexibility index (Phi) is 6.69. The molecular formula is C17H20FN6O5S+. The summed E-state index contributed by atoms with van der Waals surface area (Å²) in [6.45, 7) is 4.05. The van der Waals surface area contributed by atoms with E-state index in [0.29, 0.717) is 24.0 Å². The number of halogens is 1. The highest BCUT2D eigenvalue weighted by atomic mass is 32.2. The van der Waals surface area contributed by atoms with Crippen LogP contribution in [0.3, 0.4) is 0 Å². The minimum Gasteiger partial charge on any atom is -0.398 e. The lowest BCUT2D eigenvalue weighted by Crippen LogP contribution is -2.48. The van der Waals surface area contributed by atoms with Crippen LogP contribution in [0.25, 0.3) is 0 Å². The fraction of sp³-hybridized carbons (Fsp3) is 0.176. The zero-order valence-corrected chi connectivity index (χ0v) is 16.9. The lowest BCUT2D eigenvalue weighted by atomic mass is 10.2. The van der Waals surface area contributed by atoms with Crippen LogP contribution < -0.4 is 16.3 Å². The average molecular weight is 439 g/mol. The molecule has 0 spiro atoms. The average Bonchev–Trinajstić information content (AvgIpc) is 2.90. The molecule has 1 heterocycles. The van der Waals surface area contributed by atoms with Gasteiger partial charge in [-0.05, 0) is 12.1 Å². The van der Waals surface area contributed by atoms with E-state index < -0.39 is 25.6 Å². The number of nitrogen functional groups attached to an aromatic ring is 2. The van der Waals surface area contributed by atoms with E-state index in [2.05, 4.69) is 5.10 Å². The smallest absolute Gasteiger partial charge is 0.296 e. The summed E-state index contributed by atoms with van der Waals surface area (Å²) in [5, 5.41) is 14.5. The number of nitro groups is 1. The molecule has 0 saturated heterocycles. The van der Waals surface area contributed by atoms with Gasteiger partial charge >= 0.3 is 0 Å². The molecule has 5 N–H and O–H groups in total. The summed E-state index contributed by atoms with van der Waals surface area (Å²) >= 11 is 0. The molecule has 0 unspecified atom stereocenters. The first-order valence-corrected chi connectivity index (χ1v) is 9.81. The molecule has 3 rings (SSSR count). The molecule has 13 heteroatoms. The maximum absolute atomic E-state index is 13.4. The third-order valence-corrected chi connectivity index (χ3v) is 5.01. The van der Waals surface area contributed by atoms with Gasteiger partial charge in [-0.1, -0.05) is 18.2 Å². The van der Waals surface area contributed by atoms with Crippen molar-refractivity contribution >= 4 is 21.5 Å². The van der Waals surface area contributed by atoms with Gasteiger partial charge in [0, 0.05) is 36.6 Å². The van der Waals surface area contributed by atoms with Gasteiger partial charge in [0.2, 0.25) is 0 Å². The van der Waals surface area contributed by atoms with Crippen molar-refractivity contribution < 1.29 is 27.0 Å². The second-order valence-corrected chi connectivity index (χ2v) is 7.56. The molecule has 0 aliphatic carbocycles. The Morgan fingerprint density at radius 3 is 2.40 bits per heavy atom. The summed E-state index contributed by atoms with van der Waals surface area (Å²) < 4.78 is 46.6. The Balaban J connectivity index is 0.000000216. The molecule has 0 bridgehead atoms. The molecule has 160 valence electrons. The lowest BCUT2D eigenvalue weighted by Gasteiger charge is -2.00. The molecular weight excluding hydrogens is 419 g/mol. The summed E-state index contributed by atoms with van der Waals surface area (Å²) in [5.41, 5.74) is 5.13. The SMILES string of the molecule is Cc1nn(Cc2ccccc2F)c(C)[n+]1N.Nc1ccc([N+](=O)[O-])cc1S(=O)(=O)O. The second-order valence-electron chi connectivity index (χ2n) is 6.17. The highest BCUT2D eigenvalue weighted by Gasteiger charge is 2.19. The van der Waals surface area contributed by atoms with Crippen molar-refractivity contribution in [1.82, 2.24) is 9.78 Å². The number of anilines is 1. The predicted octanol–water partition coefficient (Wildman–Crippen LogP) is 1.11. The van der Waals surface area contributed by atoms with E-state index in [1.165, 1.54) is 10.7 Å². The highest BCUT2D eigenvalue weighted by molar-refractivity contribution is 7.86. The van der Waals surface area contributed by atoms with E-state index >= 15 is 0 Å². The van der Waals surface area contributed by atoms with E-state index in [1.54, 1.807) is 22.9 Å². The Hall–Kier alpha value is -3.58. The van der Waals surface area contributed by atoms with E-state index in [9.17, 15) is 22.9 Å². The summed E-state index contributed by atoms with van der Waals surface area (Å²) in [6.07, 6.45) is 0. The summed E-state index contributed by atoms with van der Waals surface area (Å²) in [7, 11) is -4.52. The van der Waals surface area contributed by atoms with Crippen LogP contribution in [0, 0.1) is 29.8 Å². The van der Waals surface area contributed by atoms with E-state index in [-0.39, 0.29) is 11.5 Å². The fourth-order valence-electron chi connectivity index (χ4n) is 2.45. The number of non-ortho nitro benzene ring substituents is 1. The van der Waals surface area contributed by atoms with Gasteiger partial charge in [-0.2, -0.15) is 8.42 Å². The van der Waals surface area contributed by atoms with Crippen molar-refractivity contribution in [3.05, 3.63) is 75.6 Å². The van der Waals surface area contributed by atoms with Crippen molar-refractivity contribution in [2.75, 3.05) is 11.6 Å². The van der Waals surface area contributed by atoms with Crippen molar-refractivity contribution in [3.63, 3.8) is 0 Å². The van der Waals surface area contributed by atoms with E-state index in [0.717, 1.165) is 18.0 Å². The number of aryl methyl sites for hydroxylation is 1. The van der Waals surface area contributed by atoms with Crippen LogP contribution in [-0.2, 0) is 16.7 Å². The summed E-state index contributed by atoms with van der Waals surface area (Å²) in [6, 6.07) is 9.45. The molecule has 0 saturated carbocycles. The minimum atomic E-state index is -4.52. The summed E-state index contributed by atoms with van der Waals surface area (Å²) in [4.78, 5) is 8.84. The quantitative estimate of drug-likeness (QED) is 0.135. The number of benzene rings is 2. The van der Waals surface area contributed by atoms with Crippen LogP contribution in [0.1, 0.15) is 17.2 Å². The predicted molar refractivity (Wildman–Crippen MR) is 105 cm³/mol. The van der Waals surface area contributed by atoms with Crippen LogP contribution in [-0.4, -0.2) is 27.7 Å².